The Kier molecular flexibility index (Phi) is 5.55. The van der Waals surface area contributed by atoms with Gasteiger partial charge in [-0.1, -0.05) is 55.8 Å². The Morgan fingerprint density at radius 1 is 1.28 bits per heavy atom. The SMILES string of the molecule is CCCc1sc(C(=O)NC(c2ccccc2)c2nn[nH]n2)cc1CC. The van der Waals surface area contributed by atoms with E-state index in [2.05, 4.69) is 39.8 Å². The van der Waals surface area contributed by atoms with Crippen LogP contribution in [0.15, 0.2) is 36.4 Å². The third kappa shape index (κ3) is 3.93. The molecule has 1 atom stereocenters. The van der Waals surface area contributed by atoms with Crippen LogP contribution in [0.3, 0.4) is 0 Å². The second-order valence-electron chi connectivity index (χ2n) is 5.75. The predicted molar refractivity (Wildman–Crippen MR) is 97.6 cm³/mol. The molecule has 1 unspecified atom stereocenters. The van der Waals surface area contributed by atoms with E-state index in [1.54, 1.807) is 11.3 Å². The molecule has 1 amide bonds. The van der Waals surface area contributed by atoms with E-state index in [9.17, 15) is 4.79 Å². The quantitative estimate of drug-likeness (QED) is 0.681. The molecule has 2 heterocycles. The number of carbonyl (C=O) groups excluding carboxylic acids is 1. The van der Waals surface area contributed by atoms with Gasteiger partial charge in [0.05, 0.1) is 4.88 Å². The van der Waals surface area contributed by atoms with Crippen molar-refractivity contribution < 1.29 is 4.79 Å². The minimum atomic E-state index is -0.436. The van der Waals surface area contributed by atoms with Gasteiger partial charge in [0.1, 0.15) is 6.04 Å². The van der Waals surface area contributed by atoms with Gasteiger partial charge in [-0.3, -0.25) is 4.79 Å². The second-order valence-corrected chi connectivity index (χ2v) is 6.89. The summed E-state index contributed by atoms with van der Waals surface area (Å²) in [6.45, 7) is 4.27. The zero-order valence-electron chi connectivity index (χ0n) is 14.3. The van der Waals surface area contributed by atoms with E-state index in [-0.39, 0.29) is 5.91 Å². The highest BCUT2D eigenvalue weighted by atomic mass is 32.1. The standard InChI is InChI=1S/C18H21N5OS/c1-3-8-14-12(4-2)11-15(25-14)18(24)19-16(17-20-22-23-21-17)13-9-6-5-7-10-13/h5-7,9-11,16H,3-4,8H2,1-2H3,(H,19,24)(H,20,21,22,23). The van der Waals surface area contributed by atoms with E-state index >= 15 is 0 Å². The lowest BCUT2D eigenvalue weighted by Crippen LogP contribution is -2.29. The molecule has 3 rings (SSSR count). The molecule has 0 spiro atoms. The maximum Gasteiger partial charge on any atom is 0.262 e. The van der Waals surface area contributed by atoms with Crippen LogP contribution in [0.5, 0.6) is 0 Å². The average molecular weight is 355 g/mol. The van der Waals surface area contributed by atoms with E-state index < -0.39 is 6.04 Å². The summed E-state index contributed by atoms with van der Waals surface area (Å²) in [5.74, 6) is 0.335. The minimum Gasteiger partial charge on any atom is -0.337 e. The van der Waals surface area contributed by atoms with Crippen molar-refractivity contribution in [2.75, 3.05) is 0 Å². The third-order valence-electron chi connectivity index (χ3n) is 4.01. The van der Waals surface area contributed by atoms with E-state index in [0.717, 1.165) is 29.7 Å². The zero-order valence-corrected chi connectivity index (χ0v) is 15.1. The van der Waals surface area contributed by atoms with Crippen LogP contribution in [0.25, 0.3) is 0 Å². The van der Waals surface area contributed by atoms with Crippen LogP contribution in [0, 0.1) is 0 Å². The molecule has 2 aromatic heterocycles. The average Bonchev–Trinajstić information content (AvgIpc) is 3.30. The smallest absolute Gasteiger partial charge is 0.262 e. The summed E-state index contributed by atoms with van der Waals surface area (Å²) in [6, 6.07) is 11.2. The van der Waals surface area contributed by atoms with Gasteiger partial charge in [-0.25, -0.2) is 0 Å². The Balaban J connectivity index is 1.86. The molecule has 2 N–H and O–H groups in total. The van der Waals surface area contributed by atoms with E-state index in [0.29, 0.717) is 5.82 Å². The van der Waals surface area contributed by atoms with Crippen molar-refractivity contribution >= 4 is 17.2 Å². The Morgan fingerprint density at radius 3 is 2.72 bits per heavy atom. The number of rotatable bonds is 7. The summed E-state index contributed by atoms with van der Waals surface area (Å²) < 4.78 is 0. The fourth-order valence-electron chi connectivity index (χ4n) is 2.75. The highest BCUT2D eigenvalue weighted by Gasteiger charge is 2.23. The van der Waals surface area contributed by atoms with Crippen molar-refractivity contribution in [3.05, 3.63) is 63.1 Å². The summed E-state index contributed by atoms with van der Waals surface area (Å²) in [5.41, 5.74) is 2.17. The number of aromatic amines is 1. The van der Waals surface area contributed by atoms with E-state index in [1.165, 1.54) is 10.4 Å². The van der Waals surface area contributed by atoms with Crippen molar-refractivity contribution in [1.29, 1.82) is 0 Å². The van der Waals surface area contributed by atoms with Crippen molar-refractivity contribution in [3.63, 3.8) is 0 Å². The number of nitrogens with one attached hydrogen (secondary N) is 2. The molecule has 0 bridgehead atoms. The van der Waals surface area contributed by atoms with Crippen LogP contribution >= 0.6 is 11.3 Å². The summed E-state index contributed by atoms with van der Waals surface area (Å²) in [6.07, 6.45) is 3.02. The lowest BCUT2D eigenvalue weighted by molar-refractivity contribution is 0.0945. The number of nitrogens with zero attached hydrogens (tertiary/aromatic N) is 3. The third-order valence-corrected chi connectivity index (χ3v) is 5.24. The van der Waals surface area contributed by atoms with Gasteiger partial charge >= 0.3 is 0 Å². The lowest BCUT2D eigenvalue weighted by Gasteiger charge is -2.15. The van der Waals surface area contributed by atoms with Gasteiger partial charge in [-0.2, -0.15) is 5.21 Å². The van der Waals surface area contributed by atoms with Crippen LogP contribution in [-0.2, 0) is 12.8 Å². The highest BCUT2D eigenvalue weighted by Crippen LogP contribution is 2.26. The number of hydrogen-bond donors (Lipinski definition) is 2. The number of carbonyl (C=O) groups is 1. The van der Waals surface area contributed by atoms with Crippen molar-refractivity contribution in [1.82, 2.24) is 25.9 Å². The van der Waals surface area contributed by atoms with Crippen LogP contribution < -0.4 is 5.32 Å². The largest absolute Gasteiger partial charge is 0.337 e. The van der Waals surface area contributed by atoms with E-state index in [1.807, 2.05) is 36.4 Å². The Morgan fingerprint density at radius 2 is 2.08 bits per heavy atom. The van der Waals surface area contributed by atoms with Crippen LogP contribution in [-0.4, -0.2) is 26.5 Å². The van der Waals surface area contributed by atoms with Gasteiger partial charge in [0.25, 0.3) is 5.91 Å². The molecule has 6 nitrogen and oxygen atoms in total. The number of thiophene rings is 1. The summed E-state index contributed by atoms with van der Waals surface area (Å²) in [7, 11) is 0. The number of tetrazole rings is 1. The maximum absolute atomic E-state index is 12.8. The topological polar surface area (TPSA) is 83.6 Å². The first-order valence-electron chi connectivity index (χ1n) is 8.43. The Bertz CT molecular complexity index is 813. The number of benzene rings is 1. The number of hydrogen-bond acceptors (Lipinski definition) is 5. The van der Waals surface area contributed by atoms with Gasteiger partial charge in [0, 0.05) is 4.88 Å². The molecule has 7 heteroatoms. The van der Waals surface area contributed by atoms with Crippen LogP contribution in [0.4, 0.5) is 0 Å². The fraction of sp³-hybridized carbons (Fsp3) is 0.333. The van der Waals surface area contributed by atoms with Crippen LogP contribution in [0.1, 0.15) is 57.8 Å². The predicted octanol–water partition coefficient (Wildman–Crippen LogP) is 3.30. The summed E-state index contributed by atoms with van der Waals surface area (Å²) in [5, 5.41) is 17.2. The molecule has 0 aliphatic heterocycles. The molecule has 0 aliphatic rings. The maximum atomic E-state index is 12.8. The second kappa shape index (κ2) is 8.02. The van der Waals surface area contributed by atoms with Gasteiger partial charge in [0.15, 0.2) is 0 Å². The fourth-order valence-corrected chi connectivity index (χ4v) is 4.01. The lowest BCUT2D eigenvalue weighted by atomic mass is 10.1. The molecule has 0 saturated heterocycles. The summed E-state index contributed by atoms with van der Waals surface area (Å²) in [4.78, 5) is 14.8. The highest BCUT2D eigenvalue weighted by molar-refractivity contribution is 7.14. The van der Waals surface area contributed by atoms with Gasteiger partial charge in [-0.05, 0) is 30.0 Å². The first-order valence-corrected chi connectivity index (χ1v) is 9.25. The van der Waals surface area contributed by atoms with Crippen molar-refractivity contribution in [2.45, 2.75) is 39.2 Å². The molecule has 0 aliphatic carbocycles. The molecule has 0 saturated carbocycles. The van der Waals surface area contributed by atoms with Gasteiger partial charge in [-0.15, -0.1) is 21.5 Å². The molecular formula is C18H21N5OS. The van der Waals surface area contributed by atoms with Crippen LogP contribution in [0.2, 0.25) is 0 Å². The van der Waals surface area contributed by atoms with E-state index in [4.69, 9.17) is 0 Å². The minimum absolute atomic E-state index is 0.110. The number of aromatic nitrogens is 4. The molecule has 25 heavy (non-hydrogen) atoms. The van der Waals surface area contributed by atoms with Gasteiger partial charge in [0.2, 0.25) is 5.82 Å². The zero-order chi connectivity index (χ0) is 17.6. The summed E-state index contributed by atoms with van der Waals surface area (Å²) >= 11 is 1.57. The van der Waals surface area contributed by atoms with Crippen molar-refractivity contribution in [3.8, 4) is 0 Å². The molecule has 1 aromatic carbocycles. The number of H-pyrrole nitrogens is 1. The Hall–Kier alpha value is -2.54. The molecule has 3 aromatic rings. The number of aryl methyl sites for hydroxylation is 2. The van der Waals surface area contributed by atoms with Crippen molar-refractivity contribution in [2.24, 2.45) is 0 Å². The normalized spacial score (nSPS) is 12.1. The molecule has 0 fully saturated rings. The monoisotopic (exact) mass is 355 g/mol. The Labute approximate surface area is 150 Å². The molecule has 130 valence electrons. The molecule has 0 radical (unpaired) electrons. The molecular weight excluding hydrogens is 334 g/mol. The first kappa shape index (κ1) is 17.3. The first-order chi connectivity index (χ1) is 12.2. The number of amides is 1. The van der Waals surface area contributed by atoms with Gasteiger partial charge < -0.3 is 5.32 Å².